The Kier molecular flexibility index (Phi) is 6.83. The van der Waals surface area contributed by atoms with Crippen LogP contribution in [0.25, 0.3) is 22.6 Å². The van der Waals surface area contributed by atoms with Crippen molar-refractivity contribution >= 4 is 5.97 Å². The molecular weight excluding hydrogens is 544 g/mol. The van der Waals surface area contributed by atoms with Crippen LogP contribution in [-0.4, -0.2) is 63.0 Å². The van der Waals surface area contributed by atoms with E-state index in [9.17, 15) is 15.0 Å². The van der Waals surface area contributed by atoms with Crippen LogP contribution in [0.4, 0.5) is 0 Å². The number of aliphatic hydroxyl groups is 1. The van der Waals surface area contributed by atoms with Gasteiger partial charge in [0, 0.05) is 40.5 Å². The van der Waals surface area contributed by atoms with Gasteiger partial charge >= 0.3 is 5.97 Å². The van der Waals surface area contributed by atoms with Crippen molar-refractivity contribution in [3.8, 4) is 34.1 Å². The van der Waals surface area contributed by atoms with Crippen molar-refractivity contribution in [2.75, 3.05) is 13.6 Å². The third-order valence-electron chi connectivity index (χ3n) is 9.46. The van der Waals surface area contributed by atoms with Gasteiger partial charge in [-0.2, -0.15) is 0 Å². The number of oxazole rings is 1. The minimum Gasteiger partial charge on any atom is -0.504 e. The summed E-state index contributed by atoms with van der Waals surface area (Å²) in [7, 11) is 2.19. The smallest absolute Gasteiger partial charge is 0.303 e. The lowest BCUT2D eigenvalue weighted by atomic mass is 9.53. The molecule has 43 heavy (non-hydrogen) atoms. The Morgan fingerprint density at radius 3 is 2.47 bits per heavy atom. The van der Waals surface area contributed by atoms with Crippen LogP contribution >= 0.6 is 0 Å². The number of hydrogen-bond donors (Lipinski definition) is 3. The number of aliphatic carboxylic acids is 1. The van der Waals surface area contributed by atoms with E-state index in [1.54, 1.807) is 6.07 Å². The summed E-state index contributed by atoms with van der Waals surface area (Å²) in [5.41, 5.74) is 4.91. The third-order valence-corrected chi connectivity index (χ3v) is 9.46. The molecular formula is C35H34N2O6. The van der Waals surface area contributed by atoms with E-state index in [1.165, 1.54) is 11.1 Å². The number of aromatic nitrogens is 1. The number of phenolic OH excluding ortho intramolecular Hbond substituents is 1. The van der Waals surface area contributed by atoms with Gasteiger partial charge in [-0.05, 0) is 38.1 Å². The van der Waals surface area contributed by atoms with Gasteiger partial charge < -0.3 is 29.4 Å². The first-order chi connectivity index (χ1) is 20.9. The second-order valence-corrected chi connectivity index (χ2v) is 11.8. The minimum absolute atomic E-state index is 0.00295. The number of carbonyl (C=O) groups is 1. The van der Waals surface area contributed by atoms with E-state index in [4.69, 9.17) is 14.3 Å². The molecule has 0 amide bonds. The number of benzene rings is 3. The number of likely N-dealkylation sites (tertiary alicyclic amines) is 1. The Hall–Kier alpha value is -4.40. The van der Waals surface area contributed by atoms with E-state index < -0.39 is 12.1 Å². The number of aryl methyl sites for hydroxylation is 1. The average Bonchev–Trinajstić information content (AvgIpc) is 3.62. The monoisotopic (exact) mass is 578 g/mol. The number of carboxylic acid groups (broad SMARTS) is 1. The number of rotatable bonds is 5. The fraction of sp³-hybridized carbons (Fsp3) is 0.314. The second kappa shape index (κ2) is 10.7. The molecule has 0 saturated carbocycles. The highest BCUT2D eigenvalue weighted by Gasteiger charge is 2.64. The number of likely N-dealkylation sites (N-methyl/N-ethyl adjacent to an activating group) is 1. The van der Waals surface area contributed by atoms with Crippen molar-refractivity contribution in [1.82, 2.24) is 9.88 Å². The van der Waals surface area contributed by atoms with Gasteiger partial charge in [0.1, 0.15) is 17.9 Å². The topological polar surface area (TPSA) is 116 Å². The van der Waals surface area contributed by atoms with Crippen molar-refractivity contribution in [1.29, 1.82) is 0 Å². The molecule has 0 unspecified atom stereocenters. The lowest BCUT2D eigenvalue weighted by molar-refractivity contribution is -0.137. The highest BCUT2D eigenvalue weighted by Crippen LogP contribution is 2.62. The fourth-order valence-electron chi connectivity index (χ4n) is 7.50. The summed E-state index contributed by atoms with van der Waals surface area (Å²) in [6.45, 7) is 1.01. The average molecular weight is 579 g/mol. The standard InChI is InChI=1S/C18H15NO3.C17H19NO3/c20-16(21)12-11-15-19-17(13-7-3-1-4-8-13)18(22-15)14-9-5-2-6-10-14;1-18-7-6-17-10-3-5-13(20)16(17)21-15-12(19)4-2-9(14(15)17)8-11(10)18/h1-10H,11-12H2,(H,20,21);2-5,10-11,13,16,19-20H,6-8H2,1H3/t;10-,11+,13-,16-,17-/m.0/s1. The summed E-state index contributed by atoms with van der Waals surface area (Å²) in [6, 6.07) is 23.7. The molecule has 1 spiro atoms. The summed E-state index contributed by atoms with van der Waals surface area (Å²) >= 11 is 0. The molecule has 1 fully saturated rings. The normalized spacial score (nSPS) is 26.2. The Balaban J connectivity index is 0.000000140. The first-order valence-electron chi connectivity index (χ1n) is 14.8. The van der Waals surface area contributed by atoms with Crippen molar-refractivity contribution in [3.63, 3.8) is 0 Å². The molecule has 3 heterocycles. The zero-order valence-corrected chi connectivity index (χ0v) is 23.9. The van der Waals surface area contributed by atoms with Crippen molar-refractivity contribution in [2.24, 2.45) is 5.92 Å². The molecule has 2 bridgehead atoms. The summed E-state index contributed by atoms with van der Waals surface area (Å²) in [6.07, 6.45) is 5.46. The largest absolute Gasteiger partial charge is 0.504 e. The quantitative estimate of drug-likeness (QED) is 0.276. The van der Waals surface area contributed by atoms with Gasteiger partial charge in [-0.3, -0.25) is 4.79 Å². The predicted octanol–water partition coefficient (Wildman–Crippen LogP) is 5.22. The van der Waals surface area contributed by atoms with Crippen molar-refractivity contribution < 1.29 is 29.3 Å². The highest BCUT2D eigenvalue weighted by atomic mass is 16.5. The van der Waals surface area contributed by atoms with Crippen LogP contribution in [-0.2, 0) is 23.1 Å². The number of piperidine rings is 1. The maximum Gasteiger partial charge on any atom is 0.303 e. The summed E-state index contributed by atoms with van der Waals surface area (Å²) in [4.78, 5) is 17.7. The van der Waals surface area contributed by atoms with Gasteiger partial charge in [0.25, 0.3) is 0 Å². The molecule has 4 aliphatic rings. The molecule has 5 atom stereocenters. The summed E-state index contributed by atoms with van der Waals surface area (Å²) in [5.74, 6) is 1.45. The first-order valence-corrected chi connectivity index (χ1v) is 14.8. The van der Waals surface area contributed by atoms with Crippen molar-refractivity contribution in [2.45, 2.75) is 49.3 Å². The molecule has 8 heteroatoms. The van der Waals surface area contributed by atoms with Gasteiger partial charge in [0.05, 0.1) is 6.42 Å². The van der Waals surface area contributed by atoms with E-state index in [2.05, 4.69) is 23.0 Å². The van der Waals surface area contributed by atoms with E-state index in [0.717, 1.165) is 36.2 Å². The van der Waals surface area contributed by atoms with E-state index >= 15 is 0 Å². The number of ether oxygens (including phenoxy) is 1. The summed E-state index contributed by atoms with van der Waals surface area (Å²) < 4.78 is 11.9. The Morgan fingerprint density at radius 2 is 1.74 bits per heavy atom. The highest BCUT2D eigenvalue weighted by molar-refractivity contribution is 5.77. The van der Waals surface area contributed by atoms with Crippen LogP contribution in [0, 0.1) is 5.92 Å². The van der Waals surface area contributed by atoms with Crippen molar-refractivity contribution in [3.05, 3.63) is 102 Å². The minimum atomic E-state index is -0.860. The number of nitrogens with zero attached hydrogens (tertiary/aromatic N) is 2. The third kappa shape index (κ3) is 4.53. The molecule has 4 aromatic rings. The number of hydrogen-bond acceptors (Lipinski definition) is 7. The Morgan fingerprint density at radius 1 is 1.02 bits per heavy atom. The molecule has 2 aliphatic heterocycles. The van der Waals surface area contributed by atoms with Crippen LogP contribution in [0.1, 0.15) is 29.9 Å². The maximum absolute atomic E-state index is 10.7. The molecule has 2 aliphatic carbocycles. The lowest BCUT2D eigenvalue weighted by Crippen LogP contribution is -2.64. The molecule has 1 saturated heterocycles. The number of aliphatic hydroxyl groups excluding tert-OH is 1. The molecule has 8 rings (SSSR count). The van der Waals surface area contributed by atoms with Gasteiger partial charge in [-0.25, -0.2) is 4.98 Å². The molecule has 1 aromatic heterocycles. The SMILES string of the molecule is CN1CC[C@]23c4c5ccc(O)c4O[C@H]2[C@@H](O)C=C[C@H]3[C@H]1C5.O=C(O)CCc1nc(-c2ccccc2)c(-c2ccccc2)o1. The fourth-order valence-corrected chi connectivity index (χ4v) is 7.50. The molecule has 3 N–H and O–H groups in total. The van der Waals surface area contributed by atoms with E-state index in [0.29, 0.717) is 29.4 Å². The first kappa shape index (κ1) is 27.4. The van der Waals surface area contributed by atoms with Gasteiger partial charge in [-0.15, -0.1) is 0 Å². The zero-order chi connectivity index (χ0) is 29.7. The molecule has 3 aromatic carbocycles. The predicted molar refractivity (Wildman–Crippen MR) is 161 cm³/mol. The van der Waals surface area contributed by atoms with Crippen LogP contribution in [0.3, 0.4) is 0 Å². The second-order valence-electron chi connectivity index (χ2n) is 11.8. The van der Waals surface area contributed by atoms with E-state index in [1.807, 2.05) is 72.8 Å². The molecule has 8 nitrogen and oxygen atoms in total. The van der Waals surface area contributed by atoms with E-state index in [-0.39, 0.29) is 30.1 Å². The van der Waals surface area contributed by atoms with Gasteiger partial charge in [0.2, 0.25) is 0 Å². The zero-order valence-electron chi connectivity index (χ0n) is 23.9. The lowest BCUT2D eigenvalue weighted by Gasteiger charge is -2.56. The Labute approximate surface area is 249 Å². The number of phenols is 1. The number of carboxylic acids is 1. The van der Waals surface area contributed by atoms with Crippen LogP contribution in [0.5, 0.6) is 11.5 Å². The maximum atomic E-state index is 10.7. The number of aromatic hydroxyl groups is 1. The molecule has 220 valence electrons. The molecule has 0 radical (unpaired) electrons. The Bertz CT molecular complexity index is 1630. The van der Waals surface area contributed by atoms with Crippen LogP contribution < -0.4 is 4.74 Å². The summed E-state index contributed by atoms with van der Waals surface area (Å²) in [5, 5.41) is 29.5. The van der Waals surface area contributed by atoms with Gasteiger partial charge in [-0.1, -0.05) is 78.9 Å². The van der Waals surface area contributed by atoms with Crippen LogP contribution in [0.2, 0.25) is 0 Å². The van der Waals surface area contributed by atoms with Crippen LogP contribution in [0.15, 0.2) is 89.4 Å². The van der Waals surface area contributed by atoms with Gasteiger partial charge in [0.15, 0.2) is 23.1 Å².